The molecule has 1 spiro atoms. The van der Waals surface area contributed by atoms with Crippen molar-refractivity contribution in [2.75, 3.05) is 19.6 Å². The second-order valence-electron chi connectivity index (χ2n) is 8.56. The molecule has 1 aromatic rings. The average Bonchev–Trinajstić information content (AvgIpc) is 3.03. The lowest BCUT2D eigenvalue weighted by Crippen LogP contribution is -2.51. The number of carbonyl (C=O) groups is 2. The number of hydrogen-bond acceptors (Lipinski definition) is 4. The van der Waals surface area contributed by atoms with Crippen LogP contribution in [0.25, 0.3) is 0 Å². The Balaban J connectivity index is 1.36. The fourth-order valence-corrected chi connectivity index (χ4v) is 5.04. The summed E-state index contributed by atoms with van der Waals surface area (Å²) in [5.74, 6) is 0.203. The zero-order valence-electron chi connectivity index (χ0n) is 16.4. The molecule has 0 bridgehead atoms. The Morgan fingerprint density at radius 1 is 1.11 bits per heavy atom. The first kappa shape index (κ1) is 19.2. The largest absolute Gasteiger partial charge is 0.445 e. The summed E-state index contributed by atoms with van der Waals surface area (Å²) in [7, 11) is 0. The summed E-state index contributed by atoms with van der Waals surface area (Å²) in [6.45, 7) is 2.14. The van der Waals surface area contributed by atoms with Gasteiger partial charge in [0.05, 0.1) is 11.5 Å². The van der Waals surface area contributed by atoms with E-state index in [0.717, 1.165) is 57.1 Å². The Labute approximate surface area is 166 Å². The molecule has 2 aliphatic heterocycles. The lowest BCUT2D eigenvalue weighted by atomic mass is 9.78. The molecule has 2 amide bonds. The molecule has 3 fully saturated rings. The summed E-state index contributed by atoms with van der Waals surface area (Å²) in [5.41, 5.74) is 0.519. The number of benzene rings is 1. The van der Waals surface area contributed by atoms with Crippen LogP contribution in [0.3, 0.4) is 0 Å². The standard InChI is InChI=1S/C22H30N2O4/c25-19-9-7-18(8-10-19)24-14-12-22(20(24)26)11-4-13-23(16-22)21(27)28-15-17-5-2-1-3-6-17/h1-3,5-6,18-19,25H,4,7-16H2. The number of carbonyl (C=O) groups excluding carboxylic acids is 2. The molecular weight excluding hydrogens is 356 g/mol. The first-order chi connectivity index (χ1) is 13.6. The van der Waals surface area contributed by atoms with E-state index in [1.807, 2.05) is 35.2 Å². The number of likely N-dealkylation sites (tertiary alicyclic amines) is 2. The summed E-state index contributed by atoms with van der Waals surface area (Å²) >= 11 is 0. The molecule has 2 saturated heterocycles. The van der Waals surface area contributed by atoms with E-state index in [4.69, 9.17) is 4.74 Å². The van der Waals surface area contributed by atoms with Gasteiger partial charge in [-0.2, -0.15) is 0 Å². The van der Waals surface area contributed by atoms with Gasteiger partial charge in [-0.05, 0) is 50.5 Å². The van der Waals surface area contributed by atoms with Crippen molar-refractivity contribution in [3.05, 3.63) is 35.9 Å². The molecule has 6 heteroatoms. The predicted molar refractivity (Wildman–Crippen MR) is 104 cm³/mol. The molecule has 0 radical (unpaired) electrons. The van der Waals surface area contributed by atoms with Crippen molar-refractivity contribution in [1.29, 1.82) is 0 Å². The minimum atomic E-state index is -0.444. The van der Waals surface area contributed by atoms with Crippen LogP contribution in [-0.2, 0) is 16.1 Å². The van der Waals surface area contributed by atoms with E-state index in [0.29, 0.717) is 13.1 Å². The molecule has 1 N–H and O–H groups in total. The fraction of sp³-hybridized carbons (Fsp3) is 0.636. The van der Waals surface area contributed by atoms with Gasteiger partial charge in [0.2, 0.25) is 5.91 Å². The molecule has 1 atom stereocenters. The topological polar surface area (TPSA) is 70.1 Å². The second-order valence-corrected chi connectivity index (χ2v) is 8.56. The summed E-state index contributed by atoms with van der Waals surface area (Å²) in [5, 5.41) is 9.75. The van der Waals surface area contributed by atoms with Crippen LogP contribution in [0.1, 0.15) is 50.5 Å². The number of ether oxygens (including phenoxy) is 1. The lowest BCUT2D eigenvalue weighted by molar-refractivity contribution is -0.141. The van der Waals surface area contributed by atoms with Crippen LogP contribution in [0.2, 0.25) is 0 Å². The quantitative estimate of drug-likeness (QED) is 0.867. The number of rotatable bonds is 3. The maximum atomic E-state index is 13.3. The molecular formula is C22H30N2O4. The summed E-state index contributed by atoms with van der Waals surface area (Å²) in [6, 6.07) is 9.90. The molecule has 2 heterocycles. The van der Waals surface area contributed by atoms with E-state index < -0.39 is 5.41 Å². The van der Waals surface area contributed by atoms with Crippen LogP contribution >= 0.6 is 0 Å². The Bertz CT molecular complexity index is 702. The Hall–Kier alpha value is -2.08. The van der Waals surface area contributed by atoms with Crippen molar-refractivity contribution in [2.24, 2.45) is 5.41 Å². The monoisotopic (exact) mass is 386 g/mol. The van der Waals surface area contributed by atoms with Crippen LogP contribution in [-0.4, -0.2) is 58.7 Å². The maximum absolute atomic E-state index is 13.3. The number of aliphatic hydroxyl groups excluding tert-OH is 1. The molecule has 1 aromatic carbocycles. The molecule has 0 aromatic heterocycles. The van der Waals surface area contributed by atoms with Gasteiger partial charge in [-0.25, -0.2) is 4.79 Å². The molecule has 28 heavy (non-hydrogen) atoms. The number of amides is 2. The van der Waals surface area contributed by atoms with Gasteiger partial charge in [0.15, 0.2) is 0 Å². The number of aliphatic hydroxyl groups is 1. The van der Waals surface area contributed by atoms with E-state index in [-0.39, 0.29) is 30.8 Å². The molecule has 152 valence electrons. The highest BCUT2D eigenvalue weighted by molar-refractivity contribution is 5.86. The highest BCUT2D eigenvalue weighted by Crippen LogP contribution is 2.42. The highest BCUT2D eigenvalue weighted by atomic mass is 16.6. The van der Waals surface area contributed by atoms with Gasteiger partial charge in [-0.3, -0.25) is 4.79 Å². The zero-order valence-corrected chi connectivity index (χ0v) is 16.4. The van der Waals surface area contributed by atoms with Crippen molar-refractivity contribution in [3.8, 4) is 0 Å². The van der Waals surface area contributed by atoms with Crippen LogP contribution in [0.4, 0.5) is 4.79 Å². The van der Waals surface area contributed by atoms with Gasteiger partial charge in [-0.1, -0.05) is 30.3 Å². The van der Waals surface area contributed by atoms with Crippen LogP contribution < -0.4 is 0 Å². The molecule has 3 aliphatic rings. The van der Waals surface area contributed by atoms with E-state index in [1.54, 1.807) is 4.90 Å². The lowest BCUT2D eigenvalue weighted by Gasteiger charge is -2.40. The molecule has 1 unspecified atom stereocenters. The predicted octanol–water partition coefficient (Wildman–Crippen LogP) is 2.94. The SMILES string of the molecule is O=C(OCc1ccccc1)N1CCCC2(CCN(C3CCC(O)CC3)C2=O)C1. The number of nitrogens with zero attached hydrogens (tertiary/aromatic N) is 2. The minimum absolute atomic E-state index is 0.203. The highest BCUT2D eigenvalue weighted by Gasteiger charge is 2.51. The van der Waals surface area contributed by atoms with Crippen molar-refractivity contribution in [3.63, 3.8) is 0 Å². The van der Waals surface area contributed by atoms with Gasteiger partial charge in [0, 0.05) is 25.7 Å². The summed E-state index contributed by atoms with van der Waals surface area (Å²) in [4.78, 5) is 29.6. The van der Waals surface area contributed by atoms with Gasteiger partial charge in [-0.15, -0.1) is 0 Å². The smallest absolute Gasteiger partial charge is 0.410 e. The van der Waals surface area contributed by atoms with Crippen LogP contribution in [0.5, 0.6) is 0 Å². The Kier molecular flexibility index (Phi) is 5.58. The van der Waals surface area contributed by atoms with E-state index in [9.17, 15) is 14.7 Å². The third-order valence-electron chi connectivity index (χ3n) is 6.69. The summed E-state index contributed by atoms with van der Waals surface area (Å²) < 4.78 is 5.49. The van der Waals surface area contributed by atoms with E-state index >= 15 is 0 Å². The van der Waals surface area contributed by atoms with Gasteiger partial charge < -0.3 is 19.6 Å². The normalized spacial score (nSPS) is 30.7. The van der Waals surface area contributed by atoms with E-state index in [1.165, 1.54) is 0 Å². The zero-order chi connectivity index (χ0) is 19.6. The molecule has 4 rings (SSSR count). The van der Waals surface area contributed by atoms with Gasteiger partial charge >= 0.3 is 6.09 Å². The number of hydrogen-bond donors (Lipinski definition) is 1. The molecule has 1 aliphatic carbocycles. The van der Waals surface area contributed by atoms with Gasteiger partial charge in [0.25, 0.3) is 0 Å². The van der Waals surface area contributed by atoms with Crippen molar-refractivity contribution < 1.29 is 19.4 Å². The number of piperidine rings is 1. The third-order valence-corrected chi connectivity index (χ3v) is 6.69. The van der Waals surface area contributed by atoms with E-state index in [2.05, 4.69) is 0 Å². The first-order valence-electron chi connectivity index (χ1n) is 10.5. The maximum Gasteiger partial charge on any atom is 0.410 e. The first-order valence-corrected chi connectivity index (χ1v) is 10.5. The fourth-order valence-electron chi connectivity index (χ4n) is 5.04. The minimum Gasteiger partial charge on any atom is -0.445 e. The Morgan fingerprint density at radius 3 is 2.61 bits per heavy atom. The summed E-state index contributed by atoms with van der Waals surface area (Å²) in [6.07, 6.45) is 5.27. The van der Waals surface area contributed by atoms with Crippen LogP contribution in [0.15, 0.2) is 30.3 Å². The third kappa shape index (κ3) is 3.88. The molecule has 6 nitrogen and oxygen atoms in total. The van der Waals surface area contributed by atoms with Crippen molar-refractivity contribution >= 4 is 12.0 Å². The average molecular weight is 386 g/mol. The second kappa shape index (κ2) is 8.11. The van der Waals surface area contributed by atoms with Crippen molar-refractivity contribution in [2.45, 2.75) is 63.7 Å². The van der Waals surface area contributed by atoms with Gasteiger partial charge in [0.1, 0.15) is 6.61 Å². The van der Waals surface area contributed by atoms with Crippen molar-refractivity contribution in [1.82, 2.24) is 9.80 Å². The Morgan fingerprint density at radius 2 is 1.86 bits per heavy atom. The van der Waals surface area contributed by atoms with Crippen LogP contribution in [0, 0.1) is 5.41 Å². The molecule has 1 saturated carbocycles.